The maximum absolute atomic E-state index is 11.3. The molecule has 1 aromatic rings. The number of carbonyl (C=O) groups excluding carboxylic acids is 1. The van der Waals surface area contributed by atoms with Gasteiger partial charge < -0.3 is 15.5 Å². The van der Waals surface area contributed by atoms with Crippen molar-refractivity contribution >= 4 is 47.2 Å². The first-order chi connectivity index (χ1) is 9.69. The molecule has 1 saturated heterocycles. The van der Waals surface area contributed by atoms with E-state index in [1.54, 1.807) is 25.3 Å². The fourth-order valence-electron chi connectivity index (χ4n) is 2.31. The van der Waals surface area contributed by atoms with E-state index in [9.17, 15) is 4.79 Å². The third-order valence-corrected chi connectivity index (χ3v) is 4.39. The lowest BCUT2D eigenvalue weighted by Crippen LogP contribution is -2.49. The molecule has 5 nitrogen and oxygen atoms in total. The molecule has 0 radical (unpaired) electrons. The lowest BCUT2D eigenvalue weighted by atomic mass is 10.1. The van der Waals surface area contributed by atoms with Crippen LogP contribution >= 0.6 is 35.3 Å². The van der Waals surface area contributed by atoms with E-state index < -0.39 is 0 Å². The van der Waals surface area contributed by atoms with Gasteiger partial charge in [-0.05, 0) is 24.3 Å². The van der Waals surface area contributed by atoms with Gasteiger partial charge in [0.15, 0.2) is 5.96 Å². The van der Waals surface area contributed by atoms with Crippen molar-refractivity contribution in [2.45, 2.75) is 32.4 Å². The number of aliphatic imine (C=N–C) groups is 1. The van der Waals surface area contributed by atoms with Gasteiger partial charge in [0.25, 0.3) is 0 Å². The molecule has 21 heavy (non-hydrogen) atoms. The van der Waals surface area contributed by atoms with Crippen LogP contribution in [-0.2, 0) is 11.3 Å². The van der Waals surface area contributed by atoms with Gasteiger partial charge in [-0.15, -0.1) is 35.3 Å². The maximum atomic E-state index is 11.3. The number of carbonyl (C=O) groups is 1. The van der Waals surface area contributed by atoms with E-state index in [4.69, 9.17) is 0 Å². The molecule has 1 aliphatic heterocycles. The summed E-state index contributed by atoms with van der Waals surface area (Å²) in [5, 5.41) is 8.83. The number of halogens is 1. The zero-order chi connectivity index (χ0) is 14.4. The molecule has 0 spiro atoms. The Labute approximate surface area is 147 Å². The normalized spacial score (nSPS) is 16.3. The molecule has 0 aromatic carbocycles. The van der Waals surface area contributed by atoms with E-state index in [1.807, 2.05) is 4.90 Å². The first-order valence-corrected chi connectivity index (χ1v) is 7.82. The minimum absolute atomic E-state index is 0. The number of piperidine rings is 1. The Hall–Kier alpha value is -0.830. The van der Waals surface area contributed by atoms with Gasteiger partial charge in [0.2, 0.25) is 5.91 Å². The molecule has 1 aromatic heterocycles. The fourth-order valence-corrected chi connectivity index (χ4v) is 2.96. The standard InChI is InChI=1S/C14H22N4OS.HI/c1-11(19)18-7-5-12(6-8-18)17-14(15-2)16-10-13-4-3-9-20-13;/h3-4,9,12H,5-8,10H2,1-2H3,(H2,15,16,17);1H. The molecule has 0 unspecified atom stereocenters. The number of nitrogens with zero attached hydrogens (tertiary/aromatic N) is 2. The zero-order valence-electron chi connectivity index (χ0n) is 12.5. The Morgan fingerprint density at radius 1 is 1.48 bits per heavy atom. The van der Waals surface area contributed by atoms with Gasteiger partial charge in [0.1, 0.15) is 0 Å². The van der Waals surface area contributed by atoms with Crippen LogP contribution in [0.15, 0.2) is 22.5 Å². The summed E-state index contributed by atoms with van der Waals surface area (Å²) in [6.45, 7) is 4.09. The van der Waals surface area contributed by atoms with Gasteiger partial charge in [-0.3, -0.25) is 9.79 Å². The Bertz CT molecular complexity index is 456. The number of likely N-dealkylation sites (tertiary alicyclic amines) is 1. The smallest absolute Gasteiger partial charge is 0.219 e. The number of hydrogen-bond acceptors (Lipinski definition) is 3. The molecule has 1 fully saturated rings. The van der Waals surface area contributed by atoms with Crippen LogP contribution in [0.2, 0.25) is 0 Å². The second-order valence-electron chi connectivity index (χ2n) is 4.93. The van der Waals surface area contributed by atoms with Gasteiger partial charge in [0, 0.05) is 38.0 Å². The lowest BCUT2D eigenvalue weighted by molar-refractivity contribution is -0.129. The molecule has 0 aliphatic carbocycles. The Balaban J connectivity index is 0.00000220. The Morgan fingerprint density at radius 2 is 2.19 bits per heavy atom. The third kappa shape index (κ3) is 5.82. The van der Waals surface area contributed by atoms with Crippen LogP contribution in [0.25, 0.3) is 0 Å². The number of thiophene rings is 1. The van der Waals surface area contributed by atoms with Crippen molar-refractivity contribution in [1.82, 2.24) is 15.5 Å². The first-order valence-electron chi connectivity index (χ1n) is 6.94. The third-order valence-electron chi connectivity index (χ3n) is 3.51. The van der Waals surface area contributed by atoms with Gasteiger partial charge in [-0.25, -0.2) is 0 Å². The van der Waals surface area contributed by atoms with Crippen LogP contribution in [0, 0.1) is 0 Å². The molecule has 2 heterocycles. The van der Waals surface area contributed by atoms with Gasteiger partial charge >= 0.3 is 0 Å². The molecular formula is C14H23IN4OS. The van der Waals surface area contributed by atoms with Gasteiger partial charge in [0.05, 0.1) is 6.54 Å². The van der Waals surface area contributed by atoms with Gasteiger partial charge in [-0.2, -0.15) is 0 Å². The molecule has 118 valence electrons. The van der Waals surface area contributed by atoms with Gasteiger partial charge in [-0.1, -0.05) is 6.07 Å². The quantitative estimate of drug-likeness (QED) is 0.446. The predicted octanol–water partition coefficient (Wildman–Crippen LogP) is 2.04. The summed E-state index contributed by atoms with van der Waals surface area (Å²) in [4.78, 5) is 18.7. The molecule has 2 N–H and O–H groups in total. The van der Waals surface area contributed by atoms with E-state index in [0.29, 0.717) is 6.04 Å². The molecule has 2 rings (SSSR count). The maximum Gasteiger partial charge on any atom is 0.219 e. The molecule has 0 atom stereocenters. The molecule has 7 heteroatoms. The SMILES string of the molecule is CN=C(NCc1cccs1)NC1CCN(C(C)=O)CC1.I. The summed E-state index contributed by atoms with van der Waals surface area (Å²) in [5.74, 6) is 1.00. The van der Waals surface area contributed by atoms with Crippen molar-refractivity contribution in [3.63, 3.8) is 0 Å². The Kier molecular flexibility index (Phi) is 8.02. The van der Waals surface area contributed by atoms with Crippen LogP contribution in [0.1, 0.15) is 24.6 Å². The zero-order valence-corrected chi connectivity index (χ0v) is 15.6. The van der Waals surface area contributed by atoms with E-state index in [0.717, 1.165) is 38.4 Å². The predicted molar refractivity (Wildman–Crippen MR) is 98.3 cm³/mol. The Morgan fingerprint density at radius 3 is 2.71 bits per heavy atom. The van der Waals surface area contributed by atoms with Crippen molar-refractivity contribution in [1.29, 1.82) is 0 Å². The second-order valence-corrected chi connectivity index (χ2v) is 5.96. The molecule has 0 saturated carbocycles. The lowest BCUT2D eigenvalue weighted by Gasteiger charge is -2.32. The highest BCUT2D eigenvalue weighted by Gasteiger charge is 2.21. The first kappa shape index (κ1) is 18.2. The summed E-state index contributed by atoms with van der Waals surface area (Å²) in [5.41, 5.74) is 0. The minimum atomic E-state index is 0. The number of nitrogens with one attached hydrogen (secondary N) is 2. The number of hydrogen-bond donors (Lipinski definition) is 2. The van der Waals surface area contributed by atoms with Crippen molar-refractivity contribution in [3.05, 3.63) is 22.4 Å². The highest BCUT2D eigenvalue weighted by molar-refractivity contribution is 14.0. The van der Waals surface area contributed by atoms with Crippen molar-refractivity contribution < 1.29 is 4.79 Å². The van der Waals surface area contributed by atoms with Crippen LogP contribution in [0.3, 0.4) is 0 Å². The van der Waals surface area contributed by atoms with Crippen molar-refractivity contribution in [3.8, 4) is 0 Å². The highest BCUT2D eigenvalue weighted by atomic mass is 127. The average Bonchev–Trinajstić information content (AvgIpc) is 2.97. The highest BCUT2D eigenvalue weighted by Crippen LogP contribution is 2.10. The van der Waals surface area contributed by atoms with E-state index >= 15 is 0 Å². The molecule has 1 aliphatic rings. The summed E-state index contributed by atoms with van der Waals surface area (Å²) in [6.07, 6.45) is 1.94. The van der Waals surface area contributed by atoms with Crippen LogP contribution in [0.5, 0.6) is 0 Å². The molecule has 0 bridgehead atoms. The fraction of sp³-hybridized carbons (Fsp3) is 0.571. The average molecular weight is 422 g/mol. The van der Waals surface area contributed by atoms with Crippen LogP contribution in [-0.4, -0.2) is 42.9 Å². The second kappa shape index (κ2) is 9.24. The number of rotatable bonds is 3. The summed E-state index contributed by atoms with van der Waals surface area (Å²) >= 11 is 1.74. The largest absolute Gasteiger partial charge is 0.354 e. The topological polar surface area (TPSA) is 56.7 Å². The van der Waals surface area contributed by atoms with Crippen molar-refractivity contribution in [2.75, 3.05) is 20.1 Å². The summed E-state index contributed by atoms with van der Waals surface area (Å²) in [7, 11) is 1.79. The van der Waals surface area contributed by atoms with Crippen LogP contribution in [0.4, 0.5) is 0 Å². The van der Waals surface area contributed by atoms with E-state index in [2.05, 4.69) is 33.1 Å². The molecular weight excluding hydrogens is 399 g/mol. The summed E-state index contributed by atoms with van der Waals surface area (Å²) in [6, 6.07) is 4.55. The number of amides is 1. The van der Waals surface area contributed by atoms with Crippen LogP contribution < -0.4 is 10.6 Å². The van der Waals surface area contributed by atoms with E-state index in [1.165, 1.54) is 4.88 Å². The van der Waals surface area contributed by atoms with Crippen molar-refractivity contribution in [2.24, 2.45) is 4.99 Å². The minimum Gasteiger partial charge on any atom is -0.354 e. The molecule has 1 amide bonds. The monoisotopic (exact) mass is 422 g/mol. The van der Waals surface area contributed by atoms with E-state index in [-0.39, 0.29) is 29.9 Å². The summed E-state index contributed by atoms with van der Waals surface area (Å²) < 4.78 is 0. The number of guanidine groups is 1.